The fourth-order valence-electron chi connectivity index (χ4n) is 4.78. The maximum absolute atomic E-state index is 12.0. The summed E-state index contributed by atoms with van der Waals surface area (Å²) in [5.74, 6) is 0.839. The van der Waals surface area contributed by atoms with E-state index < -0.39 is 6.10 Å². The van der Waals surface area contributed by atoms with Gasteiger partial charge >= 0.3 is 5.97 Å². The van der Waals surface area contributed by atoms with Crippen LogP contribution >= 0.6 is 0 Å². The summed E-state index contributed by atoms with van der Waals surface area (Å²) < 4.78 is 11.2. The number of rotatable bonds is 13. The molecule has 0 aliphatic heterocycles. The smallest absolute Gasteiger partial charge is 0.306 e. The number of nitrogens with zero attached hydrogens (tertiary/aromatic N) is 2. The number of carbonyl (C=O) groups excluding carboxylic acids is 1. The van der Waals surface area contributed by atoms with Crippen LogP contribution in [-0.2, 0) is 28.8 Å². The Hall–Kier alpha value is -2.88. The van der Waals surface area contributed by atoms with Gasteiger partial charge in [0.2, 0.25) is 0 Å². The third kappa shape index (κ3) is 8.08. The van der Waals surface area contributed by atoms with Crippen molar-refractivity contribution in [1.82, 2.24) is 4.90 Å². The Bertz CT molecular complexity index is 1020. The molecule has 1 aliphatic rings. The number of aliphatic hydroxyl groups excluding tert-OH is 1. The molecule has 6 nitrogen and oxygen atoms in total. The lowest BCUT2D eigenvalue weighted by Gasteiger charge is -2.29. The fourth-order valence-corrected chi connectivity index (χ4v) is 4.78. The molecular formula is C30H40N2O4. The number of benzene rings is 2. The first-order chi connectivity index (χ1) is 17.3. The molecule has 0 fully saturated rings. The number of hydrogen-bond donors (Lipinski definition) is 1. The summed E-state index contributed by atoms with van der Waals surface area (Å²) in [6, 6.07) is 16.5. The van der Waals surface area contributed by atoms with Crippen molar-refractivity contribution in [3.8, 4) is 11.8 Å². The number of aliphatic hydroxyl groups is 1. The first-order valence-corrected chi connectivity index (χ1v) is 13.1. The zero-order valence-electron chi connectivity index (χ0n) is 22.1. The molecule has 1 aliphatic carbocycles. The molecule has 194 valence electrons. The van der Waals surface area contributed by atoms with Crippen molar-refractivity contribution in [2.24, 2.45) is 5.92 Å². The Balaban J connectivity index is 1.46. The minimum atomic E-state index is -0.682. The van der Waals surface area contributed by atoms with E-state index in [4.69, 9.17) is 9.47 Å². The summed E-state index contributed by atoms with van der Waals surface area (Å²) in [6.07, 6.45) is 4.13. The van der Waals surface area contributed by atoms with E-state index in [1.54, 1.807) is 12.1 Å². The van der Waals surface area contributed by atoms with Gasteiger partial charge in [-0.3, -0.25) is 4.79 Å². The van der Waals surface area contributed by atoms with Crippen LogP contribution in [0.15, 0.2) is 42.5 Å². The summed E-state index contributed by atoms with van der Waals surface area (Å²) in [6.45, 7) is 6.65. The second kappa shape index (κ2) is 13.4. The number of ether oxygens (including phenoxy) is 2. The van der Waals surface area contributed by atoms with Crippen LogP contribution in [-0.4, -0.2) is 54.4 Å². The summed E-state index contributed by atoms with van der Waals surface area (Å²) >= 11 is 0. The van der Waals surface area contributed by atoms with Gasteiger partial charge in [-0.1, -0.05) is 37.3 Å². The van der Waals surface area contributed by atoms with Crippen LogP contribution in [0.5, 0.6) is 5.75 Å². The minimum Gasteiger partial charge on any atom is -0.489 e. The maximum Gasteiger partial charge on any atom is 0.306 e. The Morgan fingerprint density at radius 2 is 1.89 bits per heavy atom. The quantitative estimate of drug-likeness (QED) is 0.408. The highest BCUT2D eigenvalue weighted by atomic mass is 16.5. The molecular weight excluding hydrogens is 452 g/mol. The fraction of sp³-hybridized carbons (Fsp3) is 0.533. The third-order valence-corrected chi connectivity index (χ3v) is 7.18. The van der Waals surface area contributed by atoms with E-state index in [9.17, 15) is 15.2 Å². The lowest BCUT2D eigenvalue weighted by atomic mass is 9.97. The van der Waals surface area contributed by atoms with Gasteiger partial charge in [0.1, 0.15) is 24.5 Å². The summed E-state index contributed by atoms with van der Waals surface area (Å²) in [5, 5.41) is 20.1. The number of nitriles is 1. The van der Waals surface area contributed by atoms with Gasteiger partial charge in [0, 0.05) is 19.0 Å². The Kier molecular flexibility index (Phi) is 10.3. The van der Waals surface area contributed by atoms with Gasteiger partial charge in [-0.15, -0.1) is 0 Å². The summed E-state index contributed by atoms with van der Waals surface area (Å²) in [4.78, 5) is 14.2. The number of likely N-dealkylation sites (N-methyl/N-ethyl adjacent to an activating group) is 1. The number of hydrogen-bond acceptors (Lipinski definition) is 6. The monoisotopic (exact) mass is 492 g/mol. The van der Waals surface area contributed by atoms with Gasteiger partial charge in [0.05, 0.1) is 11.7 Å². The van der Waals surface area contributed by atoms with Crippen molar-refractivity contribution in [3.05, 3.63) is 64.7 Å². The zero-order chi connectivity index (χ0) is 26.1. The predicted molar refractivity (Wildman–Crippen MR) is 141 cm³/mol. The molecule has 1 N–H and O–H groups in total. The van der Waals surface area contributed by atoms with Crippen molar-refractivity contribution in [2.75, 3.05) is 20.2 Å². The molecule has 3 atom stereocenters. The molecule has 2 aromatic carbocycles. The topological polar surface area (TPSA) is 82.8 Å². The lowest BCUT2D eigenvalue weighted by molar-refractivity contribution is -0.148. The van der Waals surface area contributed by atoms with Crippen LogP contribution in [0.1, 0.15) is 62.3 Å². The van der Waals surface area contributed by atoms with Crippen molar-refractivity contribution < 1.29 is 19.4 Å². The Morgan fingerprint density at radius 1 is 1.19 bits per heavy atom. The zero-order valence-corrected chi connectivity index (χ0v) is 22.1. The van der Waals surface area contributed by atoms with E-state index in [1.807, 2.05) is 27.0 Å². The van der Waals surface area contributed by atoms with Crippen molar-refractivity contribution in [2.45, 2.75) is 77.5 Å². The molecule has 0 saturated carbocycles. The molecule has 0 aromatic heterocycles. The highest BCUT2D eigenvalue weighted by Crippen LogP contribution is 2.30. The molecule has 0 amide bonds. The SMILES string of the molecule is CCC(C)OC(=O)CCc1ccc(C#N)c(OC[C@H](O)CN(C)C(C)CC2Cc3ccccc3C2)c1. The average molecular weight is 493 g/mol. The number of aryl methyl sites for hydroxylation is 1. The largest absolute Gasteiger partial charge is 0.489 e. The Morgan fingerprint density at radius 3 is 2.53 bits per heavy atom. The molecule has 6 heteroatoms. The molecule has 36 heavy (non-hydrogen) atoms. The molecule has 0 saturated heterocycles. The normalized spacial score (nSPS) is 15.7. The highest BCUT2D eigenvalue weighted by Gasteiger charge is 2.25. The van der Waals surface area contributed by atoms with Gasteiger partial charge in [0.15, 0.2) is 0 Å². The average Bonchev–Trinajstić information content (AvgIpc) is 3.28. The van der Waals surface area contributed by atoms with Crippen molar-refractivity contribution in [3.63, 3.8) is 0 Å². The van der Waals surface area contributed by atoms with Gasteiger partial charge < -0.3 is 19.5 Å². The molecule has 0 bridgehead atoms. The van der Waals surface area contributed by atoms with Crippen LogP contribution in [0.4, 0.5) is 0 Å². The molecule has 2 unspecified atom stereocenters. The van der Waals surface area contributed by atoms with Crippen LogP contribution in [0, 0.1) is 17.2 Å². The van der Waals surface area contributed by atoms with Crippen molar-refractivity contribution >= 4 is 5.97 Å². The Labute approximate surface area is 215 Å². The lowest BCUT2D eigenvalue weighted by Crippen LogP contribution is -2.39. The van der Waals surface area contributed by atoms with Crippen LogP contribution < -0.4 is 4.74 Å². The van der Waals surface area contributed by atoms with Gasteiger partial charge in [-0.05, 0) is 87.7 Å². The second-order valence-corrected chi connectivity index (χ2v) is 10.2. The first-order valence-electron chi connectivity index (χ1n) is 13.1. The van der Waals surface area contributed by atoms with Crippen LogP contribution in [0.25, 0.3) is 0 Å². The first kappa shape index (κ1) is 27.7. The van der Waals surface area contributed by atoms with E-state index in [-0.39, 0.29) is 25.1 Å². The standard InChI is InChI=1S/C30H40N2O4/c1-5-22(3)36-30(34)13-11-23-10-12-27(18-31)29(17-23)35-20-28(33)19-32(4)21(2)14-24-15-25-8-6-7-9-26(25)16-24/h6-10,12,17,21-22,24,28,33H,5,11,13-16,19-20H2,1-4H3/t21?,22?,28-/m1/s1. The van der Waals surface area contributed by atoms with Gasteiger partial charge in [-0.25, -0.2) is 0 Å². The number of esters is 1. The van der Waals surface area contributed by atoms with E-state index in [1.165, 1.54) is 11.1 Å². The van der Waals surface area contributed by atoms with Crippen molar-refractivity contribution in [1.29, 1.82) is 5.26 Å². The van der Waals surface area contributed by atoms with E-state index in [0.717, 1.165) is 31.2 Å². The summed E-state index contributed by atoms with van der Waals surface area (Å²) in [7, 11) is 2.04. The predicted octanol–water partition coefficient (Wildman–Crippen LogP) is 4.70. The van der Waals surface area contributed by atoms with Crippen LogP contribution in [0.2, 0.25) is 0 Å². The van der Waals surface area contributed by atoms with E-state index >= 15 is 0 Å². The molecule has 3 rings (SSSR count). The maximum atomic E-state index is 12.0. The van der Waals surface area contributed by atoms with Crippen LogP contribution in [0.3, 0.4) is 0 Å². The molecule has 0 radical (unpaired) electrons. The second-order valence-electron chi connectivity index (χ2n) is 10.2. The third-order valence-electron chi connectivity index (χ3n) is 7.18. The molecule has 2 aromatic rings. The van der Waals surface area contributed by atoms with E-state index in [0.29, 0.717) is 36.2 Å². The summed E-state index contributed by atoms with van der Waals surface area (Å²) in [5.41, 5.74) is 4.24. The highest BCUT2D eigenvalue weighted by molar-refractivity contribution is 5.70. The molecule has 0 spiro atoms. The minimum absolute atomic E-state index is 0.0887. The molecule has 0 heterocycles. The van der Waals surface area contributed by atoms with Gasteiger partial charge in [-0.2, -0.15) is 5.26 Å². The number of carbonyl (C=O) groups is 1. The van der Waals surface area contributed by atoms with Gasteiger partial charge in [0.25, 0.3) is 0 Å². The van der Waals surface area contributed by atoms with E-state index in [2.05, 4.69) is 42.2 Å². The number of fused-ring (bicyclic) bond motifs is 1.